The van der Waals surface area contributed by atoms with Crippen LogP contribution in [0.1, 0.15) is 12.1 Å². The molecule has 0 aliphatic carbocycles. The van der Waals surface area contributed by atoms with Gasteiger partial charge in [0, 0.05) is 32.8 Å². The summed E-state index contributed by atoms with van der Waals surface area (Å²) in [4.78, 5) is 14.0. The minimum atomic E-state index is -0.108. The normalized spacial score (nSPS) is 23.2. The zero-order valence-corrected chi connectivity index (χ0v) is 12.2. The summed E-state index contributed by atoms with van der Waals surface area (Å²) in [7, 11) is 3.44. The predicted octanol–water partition coefficient (Wildman–Crippen LogP) is -0.251. The van der Waals surface area contributed by atoms with Crippen LogP contribution < -0.4 is 5.32 Å². The van der Waals surface area contributed by atoms with E-state index in [9.17, 15) is 9.90 Å². The summed E-state index contributed by atoms with van der Waals surface area (Å²) in [6.45, 7) is 2.83. The largest absolute Gasteiger partial charge is 0.395 e. The first kappa shape index (κ1) is 15.0. The average Bonchev–Trinajstić information content (AvgIpc) is 2.93. The maximum Gasteiger partial charge on any atom is 0.239 e. The maximum absolute atomic E-state index is 12.1. The summed E-state index contributed by atoms with van der Waals surface area (Å²) in [5.41, 5.74) is 0.858. The molecule has 2 heterocycles. The SMILES string of the molecule is CO[C@@H]1C[C@@H](CO)N(CC(=O)Nc2cc(C)nn2C)C1. The smallest absolute Gasteiger partial charge is 0.239 e. The lowest BCUT2D eigenvalue weighted by atomic mass is 10.2. The number of anilines is 1. The molecule has 2 rings (SSSR count). The van der Waals surface area contributed by atoms with Gasteiger partial charge in [0.2, 0.25) is 5.91 Å². The minimum absolute atomic E-state index is 0.0148. The van der Waals surface area contributed by atoms with Crippen molar-refractivity contribution in [2.75, 3.05) is 32.1 Å². The van der Waals surface area contributed by atoms with Gasteiger partial charge in [-0.25, -0.2) is 0 Å². The number of aryl methyl sites for hydroxylation is 2. The van der Waals surface area contributed by atoms with Crippen LogP contribution in [0.2, 0.25) is 0 Å². The second-order valence-corrected chi connectivity index (χ2v) is 5.20. The fourth-order valence-electron chi connectivity index (χ4n) is 2.59. The predicted molar refractivity (Wildman–Crippen MR) is 74.4 cm³/mol. The number of carbonyl (C=O) groups is 1. The Hall–Kier alpha value is -1.44. The molecular weight excluding hydrogens is 260 g/mol. The van der Waals surface area contributed by atoms with Gasteiger partial charge in [-0.2, -0.15) is 5.10 Å². The van der Waals surface area contributed by atoms with Gasteiger partial charge in [-0.05, 0) is 13.3 Å². The number of likely N-dealkylation sites (tertiary alicyclic amines) is 1. The van der Waals surface area contributed by atoms with E-state index in [0.29, 0.717) is 12.4 Å². The van der Waals surface area contributed by atoms with Gasteiger partial charge in [-0.3, -0.25) is 14.4 Å². The average molecular weight is 282 g/mol. The van der Waals surface area contributed by atoms with E-state index in [-0.39, 0.29) is 31.2 Å². The van der Waals surface area contributed by atoms with Crippen LogP contribution in [0, 0.1) is 6.92 Å². The molecule has 0 radical (unpaired) electrons. The summed E-state index contributed by atoms with van der Waals surface area (Å²) >= 11 is 0. The Morgan fingerprint density at radius 1 is 1.65 bits per heavy atom. The van der Waals surface area contributed by atoms with Crippen LogP contribution in [0.3, 0.4) is 0 Å². The Morgan fingerprint density at radius 2 is 2.40 bits per heavy atom. The quantitative estimate of drug-likeness (QED) is 0.778. The van der Waals surface area contributed by atoms with Gasteiger partial charge in [0.15, 0.2) is 0 Å². The Morgan fingerprint density at radius 3 is 2.95 bits per heavy atom. The molecule has 1 aromatic heterocycles. The van der Waals surface area contributed by atoms with Crippen molar-refractivity contribution in [1.29, 1.82) is 0 Å². The number of carbonyl (C=O) groups excluding carboxylic acids is 1. The lowest BCUT2D eigenvalue weighted by Gasteiger charge is -2.21. The maximum atomic E-state index is 12.1. The molecule has 1 amide bonds. The molecule has 7 heteroatoms. The number of aliphatic hydroxyl groups is 1. The molecular formula is C13H22N4O3. The van der Waals surface area contributed by atoms with Crippen LogP contribution in [-0.4, -0.2) is 64.6 Å². The van der Waals surface area contributed by atoms with E-state index in [0.717, 1.165) is 12.1 Å². The molecule has 1 fully saturated rings. The van der Waals surface area contributed by atoms with Crippen molar-refractivity contribution < 1.29 is 14.6 Å². The van der Waals surface area contributed by atoms with E-state index >= 15 is 0 Å². The van der Waals surface area contributed by atoms with Crippen molar-refractivity contribution in [3.05, 3.63) is 11.8 Å². The number of rotatable bonds is 5. The fraction of sp³-hybridized carbons (Fsp3) is 0.692. The van der Waals surface area contributed by atoms with E-state index in [4.69, 9.17) is 4.74 Å². The highest BCUT2D eigenvalue weighted by Gasteiger charge is 2.32. The Bertz CT molecular complexity index is 474. The van der Waals surface area contributed by atoms with Crippen molar-refractivity contribution in [2.45, 2.75) is 25.5 Å². The van der Waals surface area contributed by atoms with Crippen molar-refractivity contribution in [3.63, 3.8) is 0 Å². The number of nitrogens with one attached hydrogen (secondary N) is 1. The lowest BCUT2D eigenvalue weighted by molar-refractivity contribution is -0.117. The molecule has 7 nitrogen and oxygen atoms in total. The molecule has 1 saturated heterocycles. The second kappa shape index (κ2) is 6.34. The van der Waals surface area contributed by atoms with E-state index in [2.05, 4.69) is 10.4 Å². The zero-order valence-electron chi connectivity index (χ0n) is 12.2. The van der Waals surface area contributed by atoms with Gasteiger partial charge >= 0.3 is 0 Å². The highest BCUT2D eigenvalue weighted by atomic mass is 16.5. The van der Waals surface area contributed by atoms with E-state index in [1.807, 2.05) is 17.9 Å². The van der Waals surface area contributed by atoms with Gasteiger partial charge in [0.25, 0.3) is 0 Å². The minimum Gasteiger partial charge on any atom is -0.395 e. The van der Waals surface area contributed by atoms with Gasteiger partial charge in [0.1, 0.15) is 5.82 Å². The standard InChI is InChI=1S/C13H22N4O3/c1-9-4-12(16(2)15-9)14-13(19)7-17-6-11(20-3)5-10(17)8-18/h4,10-11,18H,5-8H2,1-3H3,(H,14,19)/t10-,11+/m0/s1. The van der Waals surface area contributed by atoms with E-state index in [1.54, 1.807) is 18.8 Å². The molecule has 0 bridgehead atoms. The third-order valence-corrected chi connectivity index (χ3v) is 3.65. The summed E-state index contributed by atoms with van der Waals surface area (Å²) in [6, 6.07) is 1.81. The molecule has 20 heavy (non-hydrogen) atoms. The van der Waals surface area contributed by atoms with Crippen molar-refractivity contribution in [1.82, 2.24) is 14.7 Å². The molecule has 112 valence electrons. The first-order chi connectivity index (χ1) is 9.53. The summed E-state index contributed by atoms with van der Waals surface area (Å²) in [5.74, 6) is 0.568. The number of hydrogen-bond acceptors (Lipinski definition) is 5. The number of hydrogen-bond donors (Lipinski definition) is 2. The van der Waals surface area contributed by atoms with Crippen LogP contribution in [0.25, 0.3) is 0 Å². The van der Waals surface area contributed by atoms with Gasteiger partial charge < -0.3 is 15.2 Å². The first-order valence-corrected chi connectivity index (χ1v) is 6.71. The number of aromatic nitrogens is 2. The van der Waals surface area contributed by atoms with Gasteiger partial charge in [-0.15, -0.1) is 0 Å². The van der Waals surface area contributed by atoms with Crippen LogP contribution in [0.15, 0.2) is 6.07 Å². The summed E-state index contributed by atoms with van der Waals surface area (Å²) in [5, 5.41) is 16.4. The topological polar surface area (TPSA) is 79.6 Å². The monoisotopic (exact) mass is 282 g/mol. The number of amides is 1. The summed E-state index contributed by atoms with van der Waals surface area (Å²) in [6.07, 6.45) is 0.837. The van der Waals surface area contributed by atoms with E-state index < -0.39 is 0 Å². The molecule has 2 N–H and O–H groups in total. The Balaban J connectivity index is 1.92. The Labute approximate surface area is 118 Å². The molecule has 0 unspecified atom stereocenters. The third kappa shape index (κ3) is 3.36. The van der Waals surface area contributed by atoms with Gasteiger partial charge in [-0.1, -0.05) is 0 Å². The number of aliphatic hydroxyl groups excluding tert-OH is 1. The number of nitrogens with zero attached hydrogens (tertiary/aromatic N) is 3. The zero-order chi connectivity index (χ0) is 14.7. The van der Waals surface area contributed by atoms with Crippen molar-refractivity contribution in [3.8, 4) is 0 Å². The molecule has 1 aliphatic rings. The molecule has 0 spiro atoms. The van der Waals surface area contributed by atoms with Crippen LogP contribution in [0.4, 0.5) is 5.82 Å². The third-order valence-electron chi connectivity index (χ3n) is 3.65. The lowest BCUT2D eigenvalue weighted by Crippen LogP contribution is -2.39. The highest BCUT2D eigenvalue weighted by Crippen LogP contribution is 2.19. The molecule has 2 atom stereocenters. The van der Waals surface area contributed by atoms with Crippen molar-refractivity contribution in [2.24, 2.45) is 7.05 Å². The number of methoxy groups -OCH3 is 1. The fourth-order valence-corrected chi connectivity index (χ4v) is 2.59. The molecule has 1 aromatic rings. The van der Waals surface area contributed by atoms with Crippen LogP contribution in [-0.2, 0) is 16.6 Å². The van der Waals surface area contributed by atoms with Crippen LogP contribution >= 0.6 is 0 Å². The Kier molecular flexibility index (Phi) is 4.74. The van der Waals surface area contributed by atoms with E-state index in [1.165, 1.54) is 0 Å². The molecule has 0 aromatic carbocycles. The van der Waals surface area contributed by atoms with Gasteiger partial charge in [0.05, 0.1) is 24.9 Å². The summed E-state index contributed by atoms with van der Waals surface area (Å²) < 4.78 is 6.93. The first-order valence-electron chi connectivity index (χ1n) is 6.71. The molecule has 0 saturated carbocycles. The number of ether oxygens (including phenoxy) is 1. The van der Waals surface area contributed by atoms with Crippen LogP contribution in [0.5, 0.6) is 0 Å². The second-order valence-electron chi connectivity index (χ2n) is 5.20. The highest BCUT2D eigenvalue weighted by molar-refractivity contribution is 5.91. The molecule has 1 aliphatic heterocycles. The van der Waals surface area contributed by atoms with Crippen molar-refractivity contribution >= 4 is 11.7 Å².